The van der Waals surface area contributed by atoms with Crippen molar-refractivity contribution in [2.75, 3.05) is 0 Å². The van der Waals surface area contributed by atoms with Gasteiger partial charge >= 0.3 is 108 Å². The van der Waals surface area contributed by atoms with Crippen LogP contribution in [0.3, 0.4) is 0 Å². The number of fused-ring (bicyclic) bond motifs is 2. The molecule has 2 aliphatic rings. The molecule has 0 radical (unpaired) electrons. The molecule has 0 saturated heterocycles. The number of hydrogen-bond donors (Lipinski definition) is 1. The minimum absolute atomic E-state index is 0.329. The van der Waals surface area contributed by atoms with Gasteiger partial charge in [-0.05, 0) is 0 Å². The Hall–Kier alpha value is -0.631. The van der Waals surface area contributed by atoms with Gasteiger partial charge in [0.25, 0.3) is 0 Å². The summed E-state index contributed by atoms with van der Waals surface area (Å²) in [5, 5.41) is 10.6. The number of benzene rings is 1. The predicted molar refractivity (Wildman–Crippen MR) is 71.0 cm³/mol. The van der Waals surface area contributed by atoms with E-state index in [2.05, 4.69) is 29.3 Å². The third-order valence-corrected chi connectivity index (χ3v) is 6.74. The summed E-state index contributed by atoms with van der Waals surface area (Å²) in [6.45, 7) is 0. The van der Waals surface area contributed by atoms with E-state index in [0.29, 0.717) is 25.7 Å². The molecule has 1 fully saturated rings. The van der Waals surface area contributed by atoms with Crippen LogP contribution in [0.25, 0.3) is 0 Å². The third-order valence-electron chi connectivity index (χ3n) is 3.72. The number of nitrogens with zero attached hydrogens (tertiary/aromatic N) is 1. The van der Waals surface area contributed by atoms with Crippen LogP contribution in [0, 0.1) is 5.92 Å². The van der Waals surface area contributed by atoms with E-state index in [1.54, 1.807) is 0 Å². The molecule has 1 aromatic carbocycles. The van der Waals surface area contributed by atoms with E-state index >= 15 is 0 Å². The van der Waals surface area contributed by atoms with Gasteiger partial charge in [0, 0.05) is 0 Å². The normalized spacial score (nSPS) is 35.8. The van der Waals surface area contributed by atoms with Crippen LogP contribution >= 0.6 is 0 Å². The summed E-state index contributed by atoms with van der Waals surface area (Å²) >= 11 is 0.329. The van der Waals surface area contributed by atoms with E-state index < -0.39 is 5.72 Å². The molecular formula is C14H17NOSe. The number of aliphatic hydroxyl groups is 1. The molecule has 2 bridgehead atoms. The second-order valence-corrected chi connectivity index (χ2v) is 7.67. The predicted octanol–water partition coefficient (Wildman–Crippen LogP) is 1.77. The van der Waals surface area contributed by atoms with Crippen LogP contribution in [0.5, 0.6) is 0 Å². The van der Waals surface area contributed by atoms with Gasteiger partial charge in [-0.15, -0.1) is 0 Å². The van der Waals surface area contributed by atoms with Gasteiger partial charge in [-0.25, -0.2) is 0 Å². The van der Waals surface area contributed by atoms with Crippen LogP contribution < -0.4 is 4.46 Å². The standard InChI is InChI=1S/C14H17NOSe/c16-14-10-11(8-9-15-14)6-7-13(14)17-12-4-2-1-3-5-12/h1-5,9,11,13,16H,6-8,10H2. The van der Waals surface area contributed by atoms with E-state index in [1.165, 1.54) is 10.9 Å². The van der Waals surface area contributed by atoms with E-state index in [0.717, 1.165) is 19.3 Å². The van der Waals surface area contributed by atoms with Crippen molar-refractivity contribution in [2.24, 2.45) is 10.9 Å². The molecule has 1 aromatic rings. The summed E-state index contributed by atoms with van der Waals surface area (Å²) in [5.41, 5.74) is -0.753. The second kappa shape index (κ2) is 4.56. The molecule has 0 aromatic heterocycles. The third kappa shape index (κ3) is 2.33. The van der Waals surface area contributed by atoms with Crippen molar-refractivity contribution in [3.05, 3.63) is 30.3 Å². The number of aliphatic imine (C=N–C) groups is 1. The minimum atomic E-state index is -0.753. The molecule has 1 saturated carbocycles. The Morgan fingerprint density at radius 2 is 2.06 bits per heavy atom. The zero-order chi connectivity index (χ0) is 11.7. The molecule has 0 spiro atoms. The van der Waals surface area contributed by atoms with Crippen molar-refractivity contribution < 1.29 is 5.11 Å². The van der Waals surface area contributed by atoms with Crippen molar-refractivity contribution in [1.29, 1.82) is 0 Å². The van der Waals surface area contributed by atoms with Crippen LogP contribution in [0.1, 0.15) is 25.7 Å². The molecule has 1 aliphatic heterocycles. The van der Waals surface area contributed by atoms with Crippen LogP contribution in [0.15, 0.2) is 35.3 Å². The van der Waals surface area contributed by atoms with E-state index in [-0.39, 0.29) is 0 Å². The van der Waals surface area contributed by atoms with Crippen molar-refractivity contribution in [2.45, 2.75) is 36.2 Å². The van der Waals surface area contributed by atoms with Gasteiger partial charge in [-0.3, -0.25) is 0 Å². The summed E-state index contributed by atoms with van der Waals surface area (Å²) in [4.78, 5) is 4.76. The first-order chi connectivity index (χ1) is 8.26. The number of hydrogen-bond acceptors (Lipinski definition) is 2. The zero-order valence-electron chi connectivity index (χ0n) is 9.75. The first-order valence-electron chi connectivity index (χ1n) is 6.24. The first-order valence-corrected chi connectivity index (χ1v) is 8.08. The Bertz CT molecular complexity index is 419. The molecule has 17 heavy (non-hydrogen) atoms. The van der Waals surface area contributed by atoms with Gasteiger partial charge in [-0.1, -0.05) is 0 Å². The Morgan fingerprint density at radius 1 is 1.24 bits per heavy atom. The van der Waals surface area contributed by atoms with E-state index in [4.69, 9.17) is 0 Å². The molecule has 2 nitrogen and oxygen atoms in total. The van der Waals surface area contributed by atoms with E-state index in [9.17, 15) is 5.11 Å². The maximum absolute atomic E-state index is 10.6. The van der Waals surface area contributed by atoms with Crippen LogP contribution in [-0.4, -0.2) is 32.0 Å². The SMILES string of the molecule is OC12CC(CC=N1)CCC2[Se]c1ccccc1. The van der Waals surface area contributed by atoms with Gasteiger partial charge < -0.3 is 0 Å². The fourth-order valence-corrected chi connectivity index (χ4v) is 5.40. The number of rotatable bonds is 2. The Kier molecular flexibility index (Phi) is 3.08. The van der Waals surface area contributed by atoms with Gasteiger partial charge in [0.1, 0.15) is 0 Å². The Morgan fingerprint density at radius 3 is 2.88 bits per heavy atom. The van der Waals surface area contributed by atoms with Gasteiger partial charge in [0.05, 0.1) is 0 Å². The topological polar surface area (TPSA) is 32.6 Å². The average molecular weight is 294 g/mol. The fourth-order valence-electron chi connectivity index (χ4n) is 2.79. The molecular weight excluding hydrogens is 277 g/mol. The quantitative estimate of drug-likeness (QED) is 0.828. The molecule has 1 heterocycles. The molecule has 3 atom stereocenters. The van der Waals surface area contributed by atoms with Gasteiger partial charge in [-0.2, -0.15) is 0 Å². The van der Waals surface area contributed by atoms with Gasteiger partial charge in [0.2, 0.25) is 0 Å². The molecule has 1 N–H and O–H groups in total. The second-order valence-electron chi connectivity index (χ2n) is 4.99. The van der Waals surface area contributed by atoms with Crippen molar-refractivity contribution in [3.63, 3.8) is 0 Å². The molecule has 3 unspecified atom stereocenters. The summed E-state index contributed by atoms with van der Waals surface area (Å²) in [7, 11) is 0. The average Bonchev–Trinajstić information content (AvgIpc) is 2.34. The molecule has 0 amide bonds. The van der Waals surface area contributed by atoms with Crippen LogP contribution in [0.2, 0.25) is 4.82 Å². The molecule has 3 heteroatoms. The maximum atomic E-state index is 10.6. The van der Waals surface area contributed by atoms with Crippen molar-refractivity contribution in [3.8, 4) is 0 Å². The molecule has 1 aliphatic carbocycles. The fraction of sp³-hybridized carbons (Fsp3) is 0.500. The van der Waals surface area contributed by atoms with Crippen LogP contribution in [-0.2, 0) is 0 Å². The Labute approximate surface area is 108 Å². The monoisotopic (exact) mass is 295 g/mol. The molecule has 3 rings (SSSR count). The van der Waals surface area contributed by atoms with Gasteiger partial charge in [0.15, 0.2) is 0 Å². The summed E-state index contributed by atoms with van der Waals surface area (Å²) < 4.78 is 1.37. The molecule has 90 valence electrons. The first kappa shape index (κ1) is 11.5. The zero-order valence-corrected chi connectivity index (χ0v) is 11.5. The summed E-state index contributed by atoms with van der Waals surface area (Å²) in [5.74, 6) is 0.667. The summed E-state index contributed by atoms with van der Waals surface area (Å²) in [6.07, 6.45) is 6.28. The van der Waals surface area contributed by atoms with Crippen molar-refractivity contribution >= 4 is 25.6 Å². The van der Waals surface area contributed by atoms with Crippen molar-refractivity contribution in [1.82, 2.24) is 0 Å². The van der Waals surface area contributed by atoms with E-state index in [1.807, 2.05) is 12.3 Å². The summed E-state index contributed by atoms with van der Waals surface area (Å²) in [6, 6.07) is 10.5. The Balaban J connectivity index is 1.79. The van der Waals surface area contributed by atoms with Crippen LogP contribution in [0.4, 0.5) is 0 Å².